The number of hydrogen-bond donors (Lipinski definition) is 2. The molecule has 2 N–H and O–H groups in total. The van der Waals surface area contributed by atoms with Crippen LogP contribution in [0.15, 0.2) is 60.7 Å². The standard InChI is InChI=1S/2C13H15NO.Cd/c2*1-2-3-6-11-9-8-10-5-4-7-12(15)13(10)14-11;/h2*4-5,7-9,15H,2-3,6H2,1H3;. The van der Waals surface area contributed by atoms with E-state index in [1.54, 1.807) is 12.1 Å². The molecule has 4 rings (SSSR count). The second-order valence-corrected chi connectivity index (χ2v) is 7.51. The number of rotatable bonds is 6. The summed E-state index contributed by atoms with van der Waals surface area (Å²) in [6.45, 7) is 4.33. The molecule has 158 valence electrons. The van der Waals surface area contributed by atoms with Crippen LogP contribution in [0.1, 0.15) is 50.9 Å². The molecule has 0 atom stereocenters. The first-order chi connectivity index (χ1) is 14.6. The molecule has 0 saturated heterocycles. The summed E-state index contributed by atoms with van der Waals surface area (Å²) in [6.07, 6.45) is 6.60. The molecule has 0 saturated carbocycles. The van der Waals surface area contributed by atoms with Crippen molar-refractivity contribution in [1.29, 1.82) is 0 Å². The van der Waals surface area contributed by atoms with Gasteiger partial charge in [-0.1, -0.05) is 63.1 Å². The maximum absolute atomic E-state index is 9.66. The Morgan fingerprint density at radius 2 is 1.03 bits per heavy atom. The molecular weight excluding hydrogens is 485 g/mol. The van der Waals surface area contributed by atoms with E-state index in [1.165, 1.54) is 12.8 Å². The third-order valence-corrected chi connectivity index (χ3v) is 5.09. The van der Waals surface area contributed by atoms with Crippen molar-refractivity contribution in [2.45, 2.75) is 52.4 Å². The van der Waals surface area contributed by atoms with Gasteiger partial charge in [0.05, 0.1) is 0 Å². The first-order valence-electron chi connectivity index (χ1n) is 10.8. The van der Waals surface area contributed by atoms with Gasteiger partial charge in [-0.25, -0.2) is 9.97 Å². The number of aryl methyl sites for hydroxylation is 2. The number of unbranched alkanes of at least 4 members (excludes halogenated alkanes) is 2. The second-order valence-electron chi connectivity index (χ2n) is 7.51. The normalized spacial score (nSPS) is 10.4. The molecule has 0 amide bonds. The molecule has 0 aliphatic carbocycles. The van der Waals surface area contributed by atoms with Gasteiger partial charge in [-0.15, -0.1) is 0 Å². The average Bonchev–Trinajstić information content (AvgIpc) is 2.77. The van der Waals surface area contributed by atoms with E-state index in [0.29, 0.717) is 11.0 Å². The van der Waals surface area contributed by atoms with Crippen LogP contribution in [0, 0.1) is 0 Å². The van der Waals surface area contributed by atoms with Crippen LogP contribution in [0.3, 0.4) is 0 Å². The van der Waals surface area contributed by atoms with Crippen molar-refractivity contribution >= 4 is 21.8 Å². The number of aromatic nitrogens is 2. The SMILES string of the molecule is CCCCc1ccc2cccc(O)c2n1.CCCCc1ccc2cccc(O)c2n1.[Cd]. The molecule has 2 aromatic heterocycles. The largest absolute Gasteiger partial charge is 0.506 e. The molecule has 31 heavy (non-hydrogen) atoms. The van der Waals surface area contributed by atoms with Crippen molar-refractivity contribution in [2.24, 2.45) is 0 Å². The molecule has 5 heteroatoms. The van der Waals surface area contributed by atoms with Gasteiger partial charge >= 0.3 is 0 Å². The number of phenols is 2. The van der Waals surface area contributed by atoms with Crippen LogP contribution in [0.2, 0.25) is 0 Å². The van der Waals surface area contributed by atoms with Gasteiger partial charge in [0.2, 0.25) is 0 Å². The summed E-state index contributed by atoms with van der Waals surface area (Å²) in [6, 6.07) is 19.1. The summed E-state index contributed by atoms with van der Waals surface area (Å²) in [5, 5.41) is 21.3. The number of hydrogen-bond acceptors (Lipinski definition) is 4. The Bertz CT molecular complexity index is 1030. The van der Waals surface area contributed by atoms with Crippen LogP contribution in [-0.2, 0) is 40.1 Å². The average molecular weight is 515 g/mol. The molecule has 0 spiro atoms. The fourth-order valence-corrected chi connectivity index (χ4v) is 3.34. The van der Waals surface area contributed by atoms with Crippen LogP contribution in [0.5, 0.6) is 11.5 Å². The molecule has 0 fully saturated rings. The predicted molar refractivity (Wildman–Crippen MR) is 124 cm³/mol. The minimum Gasteiger partial charge on any atom is -0.506 e. The van der Waals surface area contributed by atoms with Crippen molar-refractivity contribution in [3.63, 3.8) is 0 Å². The second kappa shape index (κ2) is 12.6. The molecular formula is C26H30CdN2O2. The molecule has 0 aliphatic rings. The van der Waals surface area contributed by atoms with Gasteiger partial charge in [0.15, 0.2) is 0 Å². The van der Waals surface area contributed by atoms with Crippen LogP contribution in [0.25, 0.3) is 21.8 Å². The molecule has 4 nitrogen and oxygen atoms in total. The maximum atomic E-state index is 9.66. The zero-order chi connectivity index (χ0) is 21.3. The Labute approximate surface area is 204 Å². The smallest absolute Gasteiger partial charge is 0.141 e. The summed E-state index contributed by atoms with van der Waals surface area (Å²) in [7, 11) is 0. The van der Waals surface area contributed by atoms with Crippen molar-refractivity contribution in [3.8, 4) is 11.5 Å². The Morgan fingerprint density at radius 3 is 1.42 bits per heavy atom. The Balaban J connectivity index is 0.000000213. The van der Waals surface area contributed by atoms with Gasteiger partial charge in [0, 0.05) is 49.5 Å². The van der Waals surface area contributed by atoms with E-state index < -0.39 is 0 Å². The maximum Gasteiger partial charge on any atom is 0.141 e. The minimum atomic E-state index is 0. The fourth-order valence-electron chi connectivity index (χ4n) is 3.34. The number of benzene rings is 2. The predicted octanol–water partition coefficient (Wildman–Crippen LogP) is 6.56. The third kappa shape index (κ3) is 6.89. The quantitative estimate of drug-likeness (QED) is 0.286. The van der Waals surface area contributed by atoms with Crippen molar-refractivity contribution < 1.29 is 37.5 Å². The number of phenolic OH excluding ortho intramolecular Hbond substituents is 2. The van der Waals surface area contributed by atoms with Gasteiger partial charge < -0.3 is 10.2 Å². The van der Waals surface area contributed by atoms with Crippen LogP contribution in [-0.4, -0.2) is 20.2 Å². The number of para-hydroxylation sites is 2. The van der Waals surface area contributed by atoms with Gasteiger partial charge in [-0.05, 0) is 49.9 Å². The van der Waals surface area contributed by atoms with E-state index in [0.717, 1.165) is 47.8 Å². The van der Waals surface area contributed by atoms with E-state index in [2.05, 4.69) is 23.8 Å². The summed E-state index contributed by atoms with van der Waals surface area (Å²) in [5.74, 6) is 0.539. The van der Waals surface area contributed by atoms with Gasteiger partial charge in [0.1, 0.15) is 22.5 Å². The molecule has 2 heterocycles. The Kier molecular flexibility index (Phi) is 10.2. The molecule has 2 aromatic carbocycles. The molecule has 0 aliphatic heterocycles. The van der Waals surface area contributed by atoms with Crippen LogP contribution < -0.4 is 0 Å². The molecule has 4 aromatic rings. The minimum absolute atomic E-state index is 0. The topological polar surface area (TPSA) is 66.2 Å². The van der Waals surface area contributed by atoms with Gasteiger partial charge in [0.25, 0.3) is 0 Å². The number of aromatic hydroxyl groups is 2. The van der Waals surface area contributed by atoms with Crippen molar-refractivity contribution in [3.05, 3.63) is 72.1 Å². The molecule has 0 unspecified atom stereocenters. The van der Waals surface area contributed by atoms with Crippen molar-refractivity contribution in [1.82, 2.24) is 9.97 Å². The summed E-state index contributed by atoms with van der Waals surface area (Å²) < 4.78 is 0. The van der Waals surface area contributed by atoms with Crippen LogP contribution >= 0.6 is 0 Å². The van der Waals surface area contributed by atoms with E-state index >= 15 is 0 Å². The van der Waals surface area contributed by atoms with Crippen molar-refractivity contribution in [2.75, 3.05) is 0 Å². The van der Waals surface area contributed by atoms with Crippen LogP contribution in [0.4, 0.5) is 0 Å². The van der Waals surface area contributed by atoms with E-state index in [9.17, 15) is 10.2 Å². The summed E-state index contributed by atoms with van der Waals surface area (Å²) in [5.41, 5.74) is 3.55. The third-order valence-electron chi connectivity index (χ3n) is 5.09. The Hall–Kier alpha value is -2.22. The zero-order valence-corrected chi connectivity index (χ0v) is 22.5. The van der Waals surface area contributed by atoms with Gasteiger partial charge in [-0.2, -0.15) is 0 Å². The number of pyridine rings is 2. The Morgan fingerprint density at radius 1 is 0.613 bits per heavy atom. The van der Waals surface area contributed by atoms with E-state index in [1.807, 2.05) is 48.5 Å². The monoisotopic (exact) mass is 516 g/mol. The number of nitrogens with zero attached hydrogens (tertiary/aromatic N) is 2. The first-order valence-corrected chi connectivity index (χ1v) is 10.8. The number of fused-ring (bicyclic) bond motifs is 2. The molecule has 0 radical (unpaired) electrons. The first kappa shape index (κ1) is 25.0. The van der Waals surface area contributed by atoms with E-state index in [-0.39, 0.29) is 38.8 Å². The van der Waals surface area contributed by atoms with E-state index in [4.69, 9.17) is 0 Å². The van der Waals surface area contributed by atoms with Gasteiger partial charge in [-0.3, -0.25) is 0 Å². The summed E-state index contributed by atoms with van der Waals surface area (Å²) in [4.78, 5) is 8.92. The molecule has 0 bridgehead atoms. The zero-order valence-electron chi connectivity index (χ0n) is 18.5. The fraction of sp³-hybridized carbons (Fsp3) is 0.308. The summed E-state index contributed by atoms with van der Waals surface area (Å²) >= 11 is 0.